The molecule has 1 aliphatic heterocycles. The molecule has 5 atom stereocenters. The van der Waals surface area contributed by atoms with Crippen LogP contribution in [0.2, 0.25) is 0 Å². The number of piperidine rings is 1. The van der Waals surface area contributed by atoms with Crippen LogP contribution in [0.3, 0.4) is 0 Å². The molecular formula is C32H39N7O3. The number of amides is 2. The molecule has 2 amide bonds. The van der Waals surface area contributed by atoms with Crippen molar-refractivity contribution in [2.24, 2.45) is 22.7 Å². The summed E-state index contributed by atoms with van der Waals surface area (Å²) in [5.74, 6) is 0.746. The highest BCUT2D eigenvalue weighted by Gasteiger charge is 2.69. The summed E-state index contributed by atoms with van der Waals surface area (Å²) in [5.41, 5.74) is 1.32. The number of benzene rings is 1. The first-order chi connectivity index (χ1) is 19.7. The first-order valence-electron chi connectivity index (χ1n) is 14.4. The summed E-state index contributed by atoms with van der Waals surface area (Å²) in [5, 5.41) is 17.0. The Balaban J connectivity index is 1.38. The van der Waals surface area contributed by atoms with Gasteiger partial charge in [-0.1, -0.05) is 46.2 Å². The summed E-state index contributed by atoms with van der Waals surface area (Å²) in [6.07, 6.45) is 1.70. The number of anilines is 1. The summed E-state index contributed by atoms with van der Waals surface area (Å²) in [6, 6.07) is 9.10. The van der Waals surface area contributed by atoms with E-state index in [4.69, 9.17) is 0 Å². The van der Waals surface area contributed by atoms with Gasteiger partial charge < -0.3 is 20.5 Å². The normalized spacial score (nSPS) is 22.1. The van der Waals surface area contributed by atoms with Crippen molar-refractivity contribution in [1.29, 1.82) is 5.26 Å². The summed E-state index contributed by atoms with van der Waals surface area (Å²) in [4.78, 5) is 53.9. The van der Waals surface area contributed by atoms with E-state index < -0.39 is 23.5 Å². The number of carbonyl (C=O) groups excluding carboxylic acids is 2. The van der Waals surface area contributed by atoms with Crippen molar-refractivity contribution in [1.82, 2.24) is 25.2 Å². The maximum Gasteiger partial charge on any atom is 0.251 e. The van der Waals surface area contributed by atoms with Crippen molar-refractivity contribution in [2.75, 3.05) is 11.9 Å². The number of aromatic nitrogens is 3. The van der Waals surface area contributed by atoms with E-state index in [0.717, 1.165) is 10.9 Å². The third kappa shape index (κ3) is 5.48. The largest absolute Gasteiger partial charge is 0.358 e. The number of nitriles is 1. The van der Waals surface area contributed by atoms with Crippen LogP contribution in [-0.4, -0.2) is 56.3 Å². The maximum atomic E-state index is 14.1. The van der Waals surface area contributed by atoms with Gasteiger partial charge in [-0.25, -0.2) is 9.97 Å². The van der Waals surface area contributed by atoms with E-state index in [9.17, 15) is 19.6 Å². The van der Waals surface area contributed by atoms with Gasteiger partial charge in [0.2, 0.25) is 11.8 Å². The number of pyridine rings is 1. The summed E-state index contributed by atoms with van der Waals surface area (Å²) in [6.45, 7) is 14.4. The molecule has 0 unspecified atom stereocenters. The van der Waals surface area contributed by atoms with Crippen molar-refractivity contribution in [2.45, 2.75) is 73.0 Å². The predicted molar refractivity (Wildman–Crippen MR) is 160 cm³/mol. The van der Waals surface area contributed by atoms with Gasteiger partial charge in [0, 0.05) is 30.2 Å². The molecule has 220 valence electrons. The molecule has 2 fully saturated rings. The topological polar surface area (TPSA) is 144 Å². The number of rotatable bonds is 7. The molecule has 2 aromatic heterocycles. The number of likely N-dealkylation sites (tertiary alicyclic amines) is 1. The highest BCUT2D eigenvalue weighted by atomic mass is 16.2. The second kappa shape index (κ2) is 10.5. The Morgan fingerprint density at radius 1 is 1.21 bits per heavy atom. The van der Waals surface area contributed by atoms with Gasteiger partial charge in [0.15, 0.2) is 0 Å². The van der Waals surface area contributed by atoms with Gasteiger partial charge >= 0.3 is 0 Å². The van der Waals surface area contributed by atoms with E-state index in [-0.39, 0.29) is 41.0 Å². The molecule has 5 rings (SSSR count). The number of nitrogens with one attached hydrogen (secondary N) is 3. The van der Waals surface area contributed by atoms with Gasteiger partial charge in [0.05, 0.1) is 6.07 Å². The van der Waals surface area contributed by atoms with Gasteiger partial charge in [0.1, 0.15) is 29.8 Å². The quantitative estimate of drug-likeness (QED) is 0.395. The molecule has 3 aromatic rings. The first-order valence-corrected chi connectivity index (χ1v) is 14.4. The number of nitrogens with zero attached hydrogens (tertiary/aromatic N) is 4. The molecule has 42 heavy (non-hydrogen) atoms. The molecule has 10 heteroatoms. The molecular weight excluding hydrogens is 530 g/mol. The van der Waals surface area contributed by atoms with Crippen LogP contribution < -0.4 is 16.2 Å². The summed E-state index contributed by atoms with van der Waals surface area (Å²) >= 11 is 0. The SMILES string of the molecule is Cc1ccc2[nH]c(=O)c(C[C@@H](C#N)NC(=O)[C@@H]3[C@H]4[C@H](CN3C(=O)[C@@H](Nc3ccnc(C)n3)C(C)(C)C)C4(C)C)cc2c1. The second-order valence-electron chi connectivity index (χ2n) is 13.4. The second-order valence-corrected chi connectivity index (χ2v) is 13.4. The van der Waals surface area contributed by atoms with Gasteiger partial charge in [0.25, 0.3) is 5.56 Å². The smallest absolute Gasteiger partial charge is 0.251 e. The summed E-state index contributed by atoms with van der Waals surface area (Å²) in [7, 11) is 0. The molecule has 3 heterocycles. The van der Waals surface area contributed by atoms with Crippen LogP contribution in [0, 0.1) is 47.8 Å². The van der Waals surface area contributed by atoms with E-state index in [1.165, 1.54) is 0 Å². The minimum Gasteiger partial charge on any atom is -0.358 e. The van der Waals surface area contributed by atoms with Crippen molar-refractivity contribution in [3.05, 3.63) is 63.8 Å². The Morgan fingerprint density at radius 2 is 1.95 bits per heavy atom. The Labute approximate surface area is 245 Å². The predicted octanol–water partition coefficient (Wildman–Crippen LogP) is 3.50. The van der Waals surface area contributed by atoms with Gasteiger partial charge in [-0.15, -0.1) is 0 Å². The van der Waals surface area contributed by atoms with Gasteiger partial charge in [-0.05, 0) is 66.2 Å². The minimum atomic E-state index is -0.931. The number of hydrogen-bond acceptors (Lipinski definition) is 7. The van der Waals surface area contributed by atoms with Crippen molar-refractivity contribution < 1.29 is 9.59 Å². The zero-order chi connectivity index (χ0) is 30.6. The van der Waals surface area contributed by atoms with Crippen LogP contribution in [-0.2, 0) is 16.0 Å². The lowest BCUT2D eigenvalue weighted by Crippen LogP contribution is -2.57. The number of fused-ring (bicyclic) bond motifs is 2. The molecule has 0 spiro atoms. The van der Waals surface area contributed by atoms with Crippen LogP contribution in [0.1, 0.15) is 51.6 Å². The van der Waals surface area contributed by atoms with Crippen LogP contribution in [0.15, 0.2) is 41.3 Å². The zero-order valence-corrected chi connectivity index (χ0v) is 25.3. The van der Waals surface area contributed by atoms with Crippen LogP contribution in [0.25, 0.3) is 10.9 Å². The Hall–Kier alpha value is -4.26. The minimum absolute atomic E-state index is 0.0187. The van der Waals surface area contributed by atoms with Crippen molar-refractivity contribution >= 4 is 28.5 Å². The van der Waals surface area contributed by atoms with E-state index in [0.29, 0.717) is 29.3 Å². The van der Waals surface area contributed by atoms with E-state index in [1.807, 2.05) is 45.9 Å². The number of aryl methyl sites for hydroxylation is 2. The summed E-state index contributed by atoms with van der Waals surface area (Å²) < 4.78 is 0. The molecule has 0 radical (unpaired) electrons. The number of hydrogen-bond donors (Lipinski definition) is 3. The van der Waals surface area contributed by atoms with Gasteiger partial charge in [-0.3, -0.25) is 14.4 Å². The van der Waals surface area contributed by atoms with E-state index >= 15 is 0 Å². The molecule has 1 aromatic carbocycles. The molecule has 1 saturated heterocycles. The zero-order valence-electron chi connectivity index (χ0n) is 25.3. The molecule has 1 aliphatic carbocycles. The fourth-order valence-electron chi connectivity index (χ4n) is 6.44. The average molecular weight is 570 g/mol. The van der Waals surface area contributed by atoms with Crippen LogP contribution >= 0.6 is 0 Å². The fraction of sp³-hybridized carbons (Fsp3) is 0.500. The lowest BCUT2D eigenvalue weighted by molar-refractivity contribution is -0.142. The fourth-order valence-corrected chi connectivity index (χ4v) is 6.44. The highest BCUT2D eigenvalue weighted by molar-refractivity contribution is 5.93. The Bertz CT molecular complexity index is 1650. The number of aromatic amines is 1. The number of H-pyrrole nitrogens is 1. The van der Waals surface area contributed by atoms with E-state index in [2.05, 4.69) is 45.5 Å². The van der Waals surface area contributed by atoms with Crippen molar-refractivity contribution in [3.63, 3.8) is 0 Å². The van der Waals surface area contributed by atoms with Crippen LogP contribution in [0.5, 0.6) is 0 Å². The van der Waals surface area contributed by atoms with Crippen LogP contribution in [0.4, 0.5) is 5.82 Å². The standard InChI is InChI=1S/C32H39N7O3/c1-17-8-9-23-19(12-17)13-20(28(40)37-23)14-21(15-33)36-29(41)26-25-22(32(25,6)7)16-39(26)30(42)27(31(3,4)5)38-24-10-11-34-18(2)35-24/h8-13,21-22,25-27H,14,16H2,1-7H3,(H,36,41)(H,37,40)(H,34,35,38)/t21-,22-,25+,26-,27+/m0/s1. The molecule has 3 N–H and O–H groups in total. The lowest BCUT2D eigenvalue weighted by Gasteiger charge is -2.38. The molecule has 1 saturated carbocycles. The van der Waals surface area contributed by atoms with Crippen molar-refractivity contribution in [3.8, 4) is 6.07 Å². The first kappa shape index (κ1) is 29.2. The molecule has 2 aliphatic rings. The maximum absolute atomic E-state index is 14.1. The monoisotopic (exact) mass is 569 g/mol. The Morgan fingerprint density at radius 3 is 2.62 bits per heavy atom. The number of carbonyl (C=O) groups is 2. The van der Waals surface area contributed by atoms with E-state index in [1.54, 1.807) is 30.2 Å². The van der Waals surface area contributed by atoms with Gasteiger partial charge in [-0.2, -0.15) is 5.26 Å². The average Bonchev–Trinajstić information content (AvgIpc) is 3.23. The molecule has 10 nitrogen and oxygen atoms in total. The third-order valence-electron chi connectivity index (χ3n) is 8.91. The molecule has 0 bridgehead atoms. The lowest BCUT2D eigenvalue weighted by atomic mass is 9.85. The third-order valence-corrected chi connectivity index (χ3v) is 8.91. The Kier molecular flexibility index (Phi) is 7.34. The highest BCUT2D eigenvalue weighted by Crippen LogP contribution is 2.65.